The van der Waals surface area contributed by atoms with Crippen LogP contribution in [0.2, 0.25) is 0 Å². The zero-order valence-corrected chi connectivity index (χ0v) is 22.0. The number of aliphatic imine (C=N–C) groups is 1. The summed E-state index contributed by atoms with van der Waals surface area (Å²) in [6.07, 6.45) is 2.44. The average Bonchev–Trinajstić information content (AvgIpc) is 3.33. The number of benzene rings is 2. The lowest BCUT2D eigenvalue weighted by molar-refractivity contribution is 0.390. The van der Waals surface area contributed by atoms with E-state index >= 15 is 0 Å². The van der Waals surface area contributed by atoms with Gasteiger partial charge in [-0.05, 0) is 37.1 Å². The Bertz CT molecular complexity index is 1530. The molecule has 0 aliphatic carbocycles. The Morgan fingerprint density at radius 1 is 1.11 bits per heavy atom. The number of rotatable bonds is 10. The fourth-order valence-corrected chi connectivity index (χ4v) is 4.38. The lowest BCUT2D eigenvalue weighted by atomic mass is 9.95. The van der Waals surface area contributed by atoms with Gasteiger partial charge in [0.1, 0.15) is 28.6 Å². The van der Waals surface area contributed by atoms with Crippen molar-refractivity contribution >= 4 is 16.9 Å². The number of fused-ring (bicyclic) bond motifs is 1. The molecule has 0 atom stereocenters. The van der Waals surface area contributed by atoms with Gasteiger partial charge in [0.2, 0.25) is 5.90 Å². The molecule has 198 valence electrons. The molecule has 9 nitrogen and oxygen atoms in total. The predicted octanol–water partition coefficient (Wildman–Crippen LogP) is 5.40. The van der Waals surface area contributed by atoms with Crippen molar-refractivity contribution in [1.82, 2.24) is 10.1 Å². The predicted molar refractivity (Wildman–Crippen MR) is 146 cm³/mol. The van der Waals surface area contributed by atoms with Crippen molar-refractivity contribution in [3.05, 3.63) is 82.1 Å². The largest absolute Gasteiger partial charge is 0.506 e. The van der Waals surface area contributed by atoms with Crippen LogP contribution < -0.4 is 15.0 Å². The molecule has 38 heavy (non-hydrogen) atoms. The van der Waals surface area contributed by atoms with E-state index in [1.54, 1.807) is 18.2 Å². The molecule has 0 unspecified atom stereocenters. The minimum absolute atomic E-state index is 0.0845. The van der Waals surface area contributed by atoms with E-state index in [-0.39, 0.29) is 29.4 Å². The maximum absolute atomic E-state index is 13.3. The average molecular weight is 518 g/mol. The first-order chi connectivity index (χ1) is 18.4. The van der Waals surface area contributed by atoms with E-state index in [9.17, 15) is 9.90 Å². The van der Waals surface area contributed by atoms with Gasteiger partial charge in [-0.15, -0.1) is 0 Å². The molecular weight excluding hydrogens is 486 g/mol. The number of pyridine rings is 1. The van der Waals surface area contributed by atoms with Crippen molar-refractivity contribution in [3.8, 4) is 28.4 Å². The number of aromatic amines is 1. The van der Waals surface area contributed by atoms with Gasteiger partial charge in [-0.25, -0.2) is 0 Å². The molecule has 2 N–H and O–H groups in total. The maximum atomic E-state index is 13.3. The summed E-state index contributed by atoms with van der Waals surface area (Å²) < 4.78 is 22.5. The third-order valence-electron chi connectivity index (χ3n) is 6.20. The maximum Gasteiger partial charge on any atom is 0.264 e. The fourth-order valence-electron chi connectivity index (χ4n) is 4.38. The summed E-state index contributed by atoms with van der Waals surface area (Å²) in [5, 5.41) is 16.5. The lowest BCUT2D eigenvalue weighted by Gasteiger charge is -2.19. The third kappa shape index (κ3) is 5.13. The van der Waals surface area contributed by atoms with Crippen LogP contribution in [0.4, 0.5) is 0 Å². The van der Waals surface area contributed by atoms with Gasteiger partial charge in [0.15, 0.2) is 5.58 Å². The molecule has 0 aliphatic heterocycles. The molecule has 0 saturated heterocycles. The Hall–Kier alpha value is -4.53. The molecule has 9 heteroatoms. The Morgan fingerprint density at radius 3 is 2.47 bits per heavy atom. The number of nitrogens with zero attached hydrogens (tertiary/aromatic N) is 2. The SMILES string of the molecule is C=C(Cc1noc2ccccc12)OC(=NC)c1c(O)c(-c2c(OC)cccc2OC)c(CCCC)[nH]c1=O. The molecule has 0 aliphatic rings. The van der Waals surface area contributed by atoms with Crippen LogP contribution in [0.25, 0.3) is 22.1 Å². The van der Waals surface area contributed by atoms with E-state index < -0.39 is 5.56 Å². The van der Waals surface area contributed by atoms with Crippen LogP contribution in [-0.4, -0.2) is 42.4 Å². The zero-order chi connectivity index (χ0) is 27.2. The first-order valence-corrected chi connectivity index (χ1v) is 12.3. The number of hydrogen-bond donors (Lipinski definition) is 2. The highest BCUT2D eigenvalue weighted by atomic mass is 16.5. The first kappa shape index (κ1) is 26.5. The van der Waals surface area contributed by atoms with Crippen molar-refractivity contribution in [2.45, 2.75) is 32.6 Å². The van der Waals surface area contributed by atoms with Crippen LogP contribution >= 0.6 is 0 Å². The van der Waals surface area contributed by atoms with E-state index in [2.05, 4.69) is 28.6 Å². The number of aryl methyl sites for hydroxylation is 1. The summed E-state index contributed by atoms with van der Waals surface area (Å²) >= 11 is 0. The minimum atomic E-state index is -0.536. The van der Waals surface area contributed by atoms with Crippen LogP contribution in [0.1, 0.15) is 36.7 Å². The summed E-state index contributed by atoms with van der Waals surface area (Å²) in [5.74, 6) is 0.860. The molecular formula is C29H31N3O6. The highest BCUT2D eigenvalue weighted by Crippen LogP contribution is 2.45. The standard InChI is InChI=1S/C29H31N3O6/c1-6-7-12-19-24(25-22(35-4)14-10-15-23(25)36-5)27(33)26(28(34)31-19)29(30-3)37-17(2)16-20-18-11-8-9-13-21(18)38-32-20/h8-11,13-15H,2,6-7,12,16H2,1,3-5H3,(H2,31,33,34). The van der Waals surface area contributed by atoms with E-state index in [1.807, 2.05) is 24.3 Å². The molecule has 4 aromatic rings. The van der Waals surface area contributed by atoms with Crippen molar-refractivity contribution in [2.75, 3.05) is 21.3 Å². The summed E-state index contributed by atoms with van der Waals surface area (Å²) in [7, 11) is 4.54. The van der Waals surface area contributed by atoms with Gasteiger partial charge in [0.25, 0.3) is 5.56 Å². The molecule has 0 bridgehead atoms. The Labute approximate surface area is 220 Å². The molecule has 0 saturated carbocycles. The first-order valence-electron chi connectivity index (χ1n) is 12.3. The van der Waals surface area contributed by atoms with Crippen molar-refractivity contribution in [2.24, 2.45) is 4.99 Å². The van der Waals surface area contributed by atoms with Gasteiger partial charge in [-0.1, -0.05) is 43.3 Å². The number of aromatic hydroxyl groups is 1. The van der Waals surface area contributed by atoms with E-state index in [1.165, 1.54) is 21.3 Å². The summed E-state index contributed by atoms with van der Waals surface area (Å²) in [6.45, 7) is 6.03. The van der Waals surface area contributed by atoms with Crippen molar-refractivity contribution in [1.29, 1.82) is 0 Å². The Balaban J connectivity index is 1.78. The zero-order valence-electron chi connectivity index (χ0n) is 22.0. The van der Waals surface area contributed by atoms with Crippen LogP contribution in [0, 0.1) is 0 Å². The highest BCUT2D eigenvalue weighted by Gasteiger charge is 2.27. The van der Waals surface area contributed by atoms with Crippen molar-refractivity contribution < 1.29 is 23.8 Å². The molecule has 0 fully saturated rings. The van der Waals surface area contributed by atoms with E-state index in [4.69, 9.17) is 18.7 Å². The number of para-hydroxylation sites is 1. The minimum Gasteiger partial charge on any atom is -0.506 e. The molecule has 2 aromatic carbocycles. The van der Waals surface area contributed by atoms with Crippen LogP contribution in [0.15, 0.2) is 69.1 Å². The molecule has 2 aromatic heterocycles. The summed E-state index contributed by atoms with van der Waals surface area (Å²) in [4.78, 5) is 20.4. The van der Waals surface area contributed by atoms with E-state index in [0.29, 0.717) is 46.0 Å². The van der Waals surface area contributed by atoms with Crippen molar-refractivity contribution in [3.63, 3.8) is 0 Å². The number of ether oxygens (including phenoxy) is 3. The van der Waals surface area contributed by atoms with Gasteiger partial charge in [0, 0.05) is 18.1 Å². The van der Waals surface area contributed by atoms with E-state index in [0.717, 1.165) is 18.2 Å². The highest BCUT2D eigenvalue weighted by molar-refractivity contribution is 6.00. The number of methoxy groups -OCH3 is 2. The molecule has 2 heterocycles. The van der Waals surface area contributed by atoms with Crippen LogP contribution in [0.5, 0.6) is 17.2 Å². The normalized spacial score (nSPS) is 11.5. The number of allylic oxidation sites excluding steroid dienone is 1. The molecule has 0 spiro atoms. The van der Waals surface area contributed by atoms with Gasteiger partial charge in [0.05, 0.1) is 37.5 Å². The van der Waals surface area contributed by atoms with Crippen LogP contribution in [0.3, 0.4) is 0 Å². The second kappa shape index (κ2) is 11.7. The monoisotopic (exact) mass is 517 g/mol. The number of nitrogens with one attached hydrogen (secondary N) is 1. The Morgan fingerprint density at radius 2 is 1.82 bits per heavy atom. The second-order valence-electron chi connectivity index (χ2n) is 8.64. The fraction of sp³-hybridized carbons (Fsp3) is 0.276. The van der Waals surface area contributed by atoms with Gasteiger partial charge >= 0.3 is 0 Å². The van der Waals surface area contributed by atoms with Gasteiger partial charge < -0.3 is 28.8 Å². The summed E-state index contributed by atoms with van der Waals surface area (Å²) in [5.41, 5.74) is 2.08. The summed E-state index contributed by atoms with van der Waals surface area (Å²) in [6, 6.07) is 12.8. The van der Waals surface area contributed by atoms with Gasteiger partial charge in [-0.3, -0.25) is 9.79 Å². The second-order valence-corrected chi connectivity index (χ2v) is 8.64. The number of aromatic nitrogens is 2. The number of hydrogen-bond acceptors (Lipinski definition) is 8. The van der Waals surface area contributed by atoms with Gasteiger partial charge in [-0.2, -0.15) is 0 Å². The molecule has 0 amide bonds. The Kier molecular flexibility index (Phi) is 8.15. The third-order valence-corrected chi connectivity index (χ3v) is 6.20. The van der Waals surface area contributed by atoms with Crippen LogP contribution in [-0.2, 0) is 17.6 Å². The topological polar surface area (TPSA) is 119 Å². The number of unbranched alkanes of at least 4 members (excludes halogenated alkanes) is 1. The molecule has 0 radical (unpaired) electrons. The molecule has 4 rings (SSSR count). The smallest absolute Gasteiger partial charge is 0.264 e. The number of H-pyrrole nitrogens is 1. The lowest BCUT2D eigenvalue weighted by Crippen LogP contribution is -2.23. The quantitative estimate of drug-likeness (QED) is 0.164.